The molecule has 0 unspecified atom stereocenters. The van der Waals surface area contributed by atoms with Crippen molar-refractivity contribution in [2.24, 2.45) is 5.41 Å². The van der Waals surface area contributed by atoms with Gasteiger partial charge < -0.3 is 10.4 Å². The van der Waals surface area contributed by atoms with E-state index in [0.717, 1.165) is 6.54 Å². The van der Waals surface area contributed by atoms with Crippen LogP contribution in [0, 0.1) is 5.41 Å². The lowest BCUT2D eigenvalue weighted by Gasteiger charge is -2.27. The molecular weight excluding hydrogens is 228 g/mol. The minimum absolute atomic E-state index is 0.0944. The van der Waals surface area contributed by atoms with E-state index in [1.165, 1.54) is 38.2 Å². The zero-order valence-corrected chi connectivity index (χ0v) is 10.8. The zero-order chi connectivity index (χ0) is 13.0. The molecule has 0 atom stereocenters. The summed E-state index contributed by atoms with van der Waals surface area (Å²) in [5, 5.41) is 12.2. The van der Waals surface area contributed by atoms with Crippen LogP contribution in [0.4, 0.5) is 5.82 Å². The summed E-state index contributed by atoms with van der Waals surface area (Å²) in [7, 11) is 0. The second-order valence-electron chi connectivity index (χ2n) is 5.13. The summed E-state index contributed by atoms with van der Waals surface area (Å²) in [6, 6.07) is 5.06. The maximum Gasteiger partial charge on any atom is 0.354 e. The second-order valence-corrected chi connectivity index (χ2v) is 5.13. The molecule has 0 aromatic carbocycles. The molecule has 1 heterocycles. The van der Waals surface area contributed by atoms with E-state index in [9.17, 15) is 4.79 Å². The molecular formula is C14H20N2O2. The summed E-state index contributed by atoms with van der Waals surface area (Å²) >= 11 is 0. The van der Waals surface area contributed by atoms with Crippen LogP contribution in [0.2, 0.25) is 0 Å². The quantitative estimate of drug-likeness (QED) is 0.840. The normalized spacial score (nSPS) is 17.6. The van der Waals surface area contributed by atoms with Crippen LogP contribution in [0.25, 0.3) is 0 Å². The van der Waals surface area contributed by atoms with Crippen LogP contribution < -0.4 is 5.32 Å². The van der Waals surface area contributed by atoms with E-state index in [1.54, 1.807) is 6.07 Å². The highest BCUT2D eigenvalue weighted by atomic mass is 16.4. The summed E-state index contributed by atoms with van der Waals surface area (Å²) in [6.45, 7) is 3.12. The third-order valence-electron chi connectivity index (χ3n) is 4.03. The number of rotatable bonds is 5. The predicted molar refractivity (Wildman–Crippen MR) is 70.9 cm³/mol. The Morgan fingerprint density at radius 3 is 2.78 bits per heavy atom. The number of anilines is 1. The smallest absolute Gasteiger partial charge is 0.354 e. The molecule has 18 heavy (non-hydrogen) atoms. The maximum absolute atomic E-state index is 10.8. The molecule has 0 spiro atoms. The first-order chi connectivity index (χ1) is 8.65. The van der Waals surface area contributed by atoms with Gasteiger partial charge in [-0.1, -0.05) is 25.8 Å². The highest BCUT2D eigenvalue weighted by molar-refractivity contribution is 5.85. The number of carboxylic acids is 1. The molecule has 0 saturated heterocycles. The van der Waals surface area contributed by atoms with Gasteiger partial charge in [-0.2, -0.15) is 0 Å². The molecule has 0 amide bonds. The standard InChI is InChI=1S/C14H20N2O2/c1-2-14(8-3-4-9-14)10-15-12-7-5-6-11(16-12)13(17)18/h5-7H,2-4,8-10H2,1H3,(H,15,16)(H,17,18). The number of hydrogen-bond donors (Lipinski definition) is 2. The fourth-order valence-corrected chi connectivity index (χ4v) is 2.71. The Balaban J connectivity index is 2.01. The van der Waals surface area contributed by atoms with Gasteiger partial charge in [-0.15, -0.1) is 0 Å². The molecule has 1 saturated carbocycles. The lowest BCUT2D eigenvalue weighted by atomic mass is 9.83. The van der Waals surface area contributed by atoms with Crippen molar-refractivity contribution in [3.8, 4) is 0 Å². The number of hydrogen-bond acceptors (Lipinski definition) is 3. The van der Waals surface area contributed by atoms with Crippen LogP contribution in [-0.4, -0.2) is 22.6 Å². The Bertz CT molecular complexity index is 426. The molecule has 4 heteroatoms. The largest absolute Gasteiger partial charge is 0.477 e. The van der Waals surface area contributed by atoms with Crippen molar-refractivity contribution in [3.63, 3.8) is 0 Å². The third kappa shape index (κ3) is 2.81. The summed E-state index contributed by atoms with van der Waals surface area (Å²) < 4.78 is 0. The van der Waals surface area contributed by atoms with Gasteiger partial charge in [-0.3, -0.25) is 0 Å². The second kappa shape index (κ2) is 5.38. The number of aromatic carboxylic acids is 1. The van der Waals surface area contributed by atoms with E-state index < -0.39 is 5.97 Å². The molecule has 1 aromatic heterocycles. The lowest BCUT2D eigenvalue weighted by Crippen LogP contribution is -2.26. The van der Waals surface area contributed by atoms with Crippen molar-refractivity contribution in [3.05, 3.63) is 23.9 Å². The summed E-state index contributed by atoms with van der Waals surface area (Å²) in [6.07, 6.45) is 6.29. The molecule has 0 radical (unpaired) electrons. The van der Waals surface area contributed by atoms with Crippen molar-refractivity contribution >= 4 is 11.8 Å². The van der Waals surface area contributed by atoms with Crippen molar-refractivity contribution in [1.82, 2.24) is 4.98 Å². The van der Waals surface area contributed by atoms with Gasteiger partial charge in [-0.25, -0.2) is 9.78 Å². The van der Waals surface area contributed by atoms with E-state index >= 15 is 0 Å². The summed E-state index contributed by atoms with van der Waals surface area (Å²) in [5.41, 5.74) is 0.470. The van der Waals surface area contributed by atoms with Crippen LogP contribution in [0.1, 0.15) is 49.5 Å². The molecule has 1 aliphatic carbocycles. The molecule has 0 bridgehead atoms. The summed E-state index contributed by atoms with van der Waals surface area (Å²) in [4.78, 5) is 14.9. The van der Waals surface area contributed by atoms with Crippen molar-refractivity contribution in [2.45, 2.75) is 39.0 Å². The van der Waals surface area contributed by atoms with E-state index in [4.69, 9.17) is 5.11 Å². The highest BCUT2D eigenvalue weighted by Gasteiger charge is 2.31. The van der Waals surface area contributed by atoms with Crippen LogP contribution >= 0.6 is 0 Å². The number of aromatic nitrogens is 1. The van der Waals surface area contributed by atoms with Crippen LogP contribution in [0.3, 0.4) is 0 Å². The zero-order valence-electron chi connectivity index (χ0n) is 10.8. The number of pyridine rings is 1. The first kappa shape index (κ1) is 12.9. The van der Waals surface area contributed by atoms with E-state index in [2.05, 4.69) is 17.2 Å². The first-order valence-electron chi connectivity index (χ1n) is 6.59. The van der Waals surface area contributed by atoms with Gasteiger partial charge in [0, 0.05) is 6.54 Å². The number of nitrogens with one attached hydrogen (secondary N) is 1. The van der Waals surface area contributed by atoms with Crippen LogP contribution in [-0.2, 0) is 0 Å². The average Bonchev–Trinajstić information content (AvgIpc) is 2.86. The van der Waals surface area contributed by atoms with Crippen LogP contribution in [0.5, 0.6) is 0 Å². The number of carboxylic acid groups (broad SMARTS) is 1. The van der Waals surface area contributed by atoms with Gasteiger partial charge in [0.15, 0.2) is 5.69 Å². The molecule has 1 aliphatic rings. The van der Waals surface area contributed by atoms with Gasteiger partial charge in [0.05, 0.1) is 0 Å². The van der Waals surface area contributed by atoms with Crippen LogP contribution in [0.15, 0.2) is 18.2 Å². The molecule has 0 aliphatic heterocycles. The third-order valence-corrected chi connectivity index (χ3v) is 4.03. The highest BCUT2D eigenvalue weighted by Crippen LogP contribution is 2.40. The van der Waals surface area contributed by atoms with Gasteiger partial charge in [0.2, 0.25) is 0 Å². The first-order valence-corrected chi connectivity index (χ1v) is 6.59. The molecule has 4 nitrogen and oxygen atoms in total. The van der Waals surface area contributed by atoms with Gasteiger partial charge in [-0.05, 0) is 36.8 Å². The number of carbonyl (C=O) groups is 1. The Hall–Kier alpha value is -1.58. The molecule has 2 N–H and O–H groups in total. The lowest BCUT2D eigenvalue weighted by molar-refractivity contribution is 0.0690. The fourth-order valence-electron chi connectivity index (χ4n) is 2.71. The SMILES string of the molecule is CCC1(CNc2cccc(C(=O)O)n2)CCCC1. The topological polar surface area (TPSA) is 62.2 Å². The van der Waals surface area contributed by atoms with Crippen molar-refractivity contribution < 1.29 is 9.90 Å². The molecule has 1 fully saturated rings. The molecule has 1 aromatic rings. The Morgan fingerprint density at radius 2 is 2.17 bits per heavy atom. The predicted octanol–water partition coefficient (Wildman–Crippen LogP) is 3.16. The summed E-state index contributed by atoms with van der Waals surface area (Å²) in [5.74, 6) is -0.320. The molecule has 98 valence electrons. The Kier molecular flexibility index (Phi) is 3.84. The van der Waals surface area contributed by atoms with Crippen molar-refractivity contribution in [2.75, 3.05) is 11.9 Å². The van der Waals surface area contributed by atoms with E-state index in [-0.39, 0.29) is 5.69 Å². The van der Waals surface area contributed by atoms with Gasteiger partial charge in [0.1, 0.15) is 5.82 Å². The van der Waals surface area contributed by atoms with E-state index in [0.29, 0.717) is 11.2 Å². The fraction of sp³-hybridized carbons (Fsp3) is 0.571. The number of nitrogens with zero attached hydrogens (tertiary/aromatic N) is 1. The average molecular weight is 248 g/mol. The van der Waals surface area contributed by atoms with Gasteiger partial charge in [0.25, 0.3) is 0 Å². The Morgan fingerprint density at radius 1 is 1.44 bits per heavy atom. The Labute approximate surface area is 107 Å². The molecule has 2 rings (SSSR count). The minimum Gasteiger partial charge on any atom is -0.477 e. The van der Waals surface area contributed by atoms with Crippen molar-refractivity contribution in [1.29, 1.82) is 0 Å². The maximum atomic E-state index is 10.8. The minimum atomic E-state index is -0.982. The monoisotopic (exact) mass is 248 g/mol. The van der Waals surface area contributed by atoms with Gasteiger partial charge >= 0.3 is 5.97 Å². The van der Waals surface area contributed by atoms with E-state index in [1.807, 2.05) is 6.07 Å².